The molecule has 1 saturated carbocycles. The predicted molar refractivity (Wildman–Crippen MR) is 112 cm³/mol. The molecule has 0 spiro atoms. The molecule has 2 aliphatic rings. The van der Waals surface area contributed by atoms with E-state index < -0.39 is 0 Å². The Morgan fingerprint density at radius 1 is 1.17 bits per heavy atom. The van der Waals surface area contributed by atoms with Gasteiger partial charge < -0.3 is 15.0 Å². The molecule has 1 aliphatic carbocycles. The van der Waals surface area contributed by atoms with Crippen LogP contribution in [0.25, 0.3) is 0 Å². The first kappa shape index (κ1) is 20.4. The van der Waals surface area contributed by atoms with Gasteiger partial charge >= 0.3 is 0 Å². The summed E-state index contributed by atoms with van der Waals surface area (Å²) in [6, 6.07) is 11.8. The number of ether oxygens (including phenoxy) is 1. The molecular formula is C24H27FN2O3. The van der Waals surface area contributed by atoms with Gasteiger partial charge in [0.05, 0.1) is 6.04 Å². The highest BCUT2D eigenvalue weighted by Gasteiger charge is 2.31. The Labute approximate surface area is 176 Å². The number of fused-ring (bicyclic) bond motifs is 1. The molecule has 1 heterocycles. The summed E-state index contributed by atoms with van der Waals surface area (Å²) in [5.74, 6) is 0.833. The molecule has 0 aromatic heterocycles. The van der Waals surface area contributed by atoms with Crippen molar-refractivity contribution in [3.05, 3.63) is 65.0 Å². The highest BCUT2D eigenvalue weighted by atomic mass is 19.1. The van der Waals surface area contributed by atoms with Crippen molar-refractivity contribution in [3.8, 4) is 5.75 Å². The van der Waals surface area contributed by atoms with Crippen LogP contribution >= 0.6 is 0 Å². The summed E-state index contributed by atoms with van der Waals surface area (Å²) >= 11 is 0. The molecule has 1 fully saturated rings. The molecule has 4 rings (SSSR count). The number of carbonyl (C=O) groups is 2. The summed E-state index contributed by atoms with van der Waals surface area (Å²) in [7, 11) is 0. The highest BCUT2D eigenvalue weighted by Crippen LogP contribution is 2.37. The summed E-state index contributed by atoms with van der Waals surface area (Å²) in [5, 5.41) is 2.89. The Morgan fingerprint density at radius 2 is 1.93 bits per heavy atom. The third-order valence-corrected chi connectivity index (χ3v) is 5.81. The van der Waals surface area contributed by atoms with Crippen LogP contribution in [0.5, 0.6) is 5.75 Å². The van der Waals surface area contributed by atoms with Crippen LogP contribution in [0.15, 0.2) is 42.5 Å². The van der Waals surface area contributed by atoms with E-state index in [0.717, 1.165) is 23.1 Å². The molecule has 0 saturated heterocycles. The minimum atomic E-state index is -0.308. The third kappa shape index (κ3) is 4.64. The Balaban J connectivity index is 1.56. The molecule has 158 valence electrons. The molecule has 6 heteroatoms. The van der Waals surface area contributed by atoms with Gasteiger partial charge in [0.1, 0.15) is 11.6 Å². The Bertz CT molecular complexity index is 925. The van der Waals surface area contributed by atoms with E-state index in [0.29, 0.717) is 31.2 Å². The van der Waals surface area contributed by atoms with E-state index in [2.05, 4.69) is 5.32 Å². The van der Waals surface area contributed by atoms with Crippen LogP contribution in [-0.4, -0.2) is 36.4 Å². The second-order valence-electron chi connectivity index (χ2n) is 8.04. The molecule has 1 N–H and O–H groups in total. The molecule has 2 aromatic rings. The fourth-order valence-electron chi connectivity index (χ4n) is 3.94. The third-order valence-electron chi connectivity index (χ3n) is 5.81. The van der Waals surface area contributed by atoms with Crippen LogP contribution in [-0.2, 0) is 16.0 Å². The van der Waals surface area contributed by atoms with Crippen molar-refractivity contribution >= 4 is 11.8 Å². The fourth-order valence-corrected chi connectivity index (χ4v) is 3.94. The maximum atomic E-state index is 13.5. The minimum absolute atomic E-state index is 0.0374. The molecule has 5 nitrogen and oxygen atoms in total. The van der Waals surface area contributed by atoms with Crippen LogP contribution in [0.3, 0.4) is 0 Å². The van der Waals surface area contributed by atoms with E-state index in [-0.39, 0.29) is 30.3 Å². The van der Waals surface area contributed by atoms with E-state index in [4.69, 9.17) is 4.74 Å². The lowest BCUT2D eigenvalue weighted by Gasteiger charge is -2.38. The van der Waals surface area contributed by atoms with Gasteiger partial charge in [0.25, 0.3) is 5.91 Å². The van der Waals surface area contributed by atoms with Gasteiger partial charge in [0, 0.05) is 19.5 Å². The Kier molecular flexibility index (Phi) is 6.02. The van der Waals surface area contributed by atoms with Gasteiger partial charge in [-0.3, -0.25) is 9.59 Å². The predicted octanol–water partition coefficient (Wildman–Crippen LogP) is 3.61. The number of halogens is 1. The average molecular weight is 410 g/mol. The molecule has 2 amide bonds. The van der Waals surface area contributed by atoms with Crippen LogP contribution < -0.4 is 10.1 Å². The highest BCUT2D eigenvalue weighted by molar-refractivity contribution is 5.78. The lowest BCUT2D eigenvalue weighted by Crippen LogP contribution is -2.40. The van der Waals surface area contributed by atoms with E-state index in [9.17, 15) is 14.0 Å². The number of hydrogen-bond donors (Lipinski definition) is 1. The SMILES string of the molecule is CCC(=O)N1CCc2ccc(OCC(=O)NCC3CC3)cc2[C@@H]1c1ccc(F)cc1. The van der Waals surface area contributed by atoms with Gasteiger partial charge in [-0.05, 0) is 66.1 Å². The first-order valence-corrected chi connectivity index (χ1v) is 10.6. The lowest BCUT2D eigenvalue weighted by molar-refractivity contribution is -0.133. The largest absolute Gasteiger partial charge is 0.484 e. The number of nitrogens with one attached hydrogen (secondary N) is 1. The zero-order valence-corrected chi connectivity index (χ0v) is 17.2. The van der Waals surface area contributed by atoms with Crippen LogP contribution in [0.1, 0.15) is 48.9 Å². The second kappa shape index (κ2) is 8.86. The van der Waals surface area contributed by atoms with Gasteiger partial charge in [-0.2, -0.15) is 0 Å². The van der Waals surface area contributed by atoms with Gasteiger partial charge in [-0.15, -0.1) is 0 Å². The summed E-state index contributed by atoms with van der Waals surface area (Å²) in [4.78, 5) is 26.5. The maximum absolute atomic E-state index is 13.5. The van der Waals surface area contributed by atoms with Crippen LogP contribution in [0.2, 0.25) is 0 Å². The molecule has 2 aromatic carbocycles. The van der Waals surface area contributed by atoms with Crippen molar-refractivity contribution < 1.29 is 18.7 Å². The molecule has 0 unspecified atom stereocenters. The van der Waals surface area contributed by atoms with Crippen molar-refractivity contribution in [1.29, 1.82) is 0 Å². The van der Waals surface area contributed by atoms with Crippen molar-refractivity contribution in [3.63, 3.8) is 0 Å². The number of hydrogen-bond acceptors (Lipinski definition) is 3. The first-order chi connectivity index (χ1) is 14.5. The van der Waals surface area contributed by atoms with E-state index in [1.54, 1.807) is 12.1 Å². The van der Waals surface area contributed by atoms with Crippen molar-refractivity contribution in [2.24, 2.45) is 5.92 Å². The fraction of sp³-hybridized carbons (Fsp3) is 0.417. The zero-order chi connectivity index (χ0) is 21.1. The van der Waals surface area contributed by atoms with E-state index >= 15 is 0 Å². The minimum Gasteiger partial charge on any atom is -0.484 e. The van der Waals surface area contributed by atoms with Gasteiger partial charge in [-0.1, -0.05) is 25.1 Å². The topological polar surface area (TPSA) is 58.6 Å². The van der Waals surface area contributed by atoms with E-state index in [1.807, 2.05) is 30.0 Å². The second-order valence-corrected chi connectivity index (χ2v) is 8.04. The average Bonchev–Trinajstić information content (AvgIpc) is 3.60. The quantitative estimate of drug-likeness (QED) is 0.759. The van der Waals surface area contributed by atoms with Gasteiger partial charge in [0.2, 0.25) is 5.91 Å². The number of nitrogens with zero attached hydrogens (tertiary/aromatic N) is 1. The first-order valence-electron chi connectivity index (χ1n) is 10.6. The van der Waals surface area contributed by atoms with Crippen LogP contribution in [0.4, 0.5) is 4.39 Å². The van der Waals surface area contributed by atoms with Crippen molar-refractivity contribution in [2.45, 2.75) is 38.6 Å². The molecule has 0 radical (unpaired) electrons. The maximum Gasteiger partial charge on any atom is 0.257 e. The Hall–Kier alpha value is -2.89. The molecule has 0 bridgehead atoms. The zero-order valence-electron chi connectivity index (χ0n) is 17.2. The number of benzene rings is 2. The van der Waals surface area contributed by atoms with Crippen molar-refractivity contribution in [1.82, 2.24) is 10.2 Å². The summed E-state index contributed by atoms with van der Waals surface area (Å²) in [6.07, 6.45) is 3.53. The molecule has 30 heavy (non-hydrogen) atoms. The number of amides is 2. The summed E-state index contributed by atoms with van der Waals surface area (Å²) in [5.41, 5.74) is 2.96. The molecule has 1 aliphatic heterocycles. The Morgan fingerprint density at radius 3 is 2.63 bits per heavy atom. The summed E-state index contributed by atoms with van der Waals surface area (Å²) in [6.45, 7) is 3.14. The van der Waals surface area contributed by atoms with Gasteiger partial charge in [-0.25, -0.2) is 4.39 Å². The molecular weight excluding hydrogens is 383 g/mol. The summed E-state index contributed by atoms with van der Waals surface area (Å²) < 4.78 is 19.2. The smallest absolute Gasteiger partial charge is 0.257 e. The van der Waals surface area contributed by atoms with Gasteiger partial charge in [0.15, 0.2) is 6.61 Å². The van der Waals surface area contributed by atoms with Crippen LogP contribution in [0, 0.1) is 11.7 Å². The molecule has 1 atom stereocenters. The van der Waals surface area contributed by atoms with E-state index in [1.165, 1.54) is 25.0 Å². The monoisotopic (exact) mass is 410 g/mol. The normalized spacial score (nSPS) is 17.9. The number of carbonyl (C=O) groups excluding carboxylic acids is 2. The standard InChI is InChI=1S/C24H27FN2O3/c1-2-23(29)27-12-11-17-7-10-20(30-15-22(28)26-14-16-3-4-16)13-21(17)24(27)18-5-8-19(25)9-6-18/h5-10,13,16,24H,2-4,11-12,14-15H2,1H3,(H,26,28)/t24-/m0/s1. The lowest BCUT2D eigenvalue weighted by atomic mass is 9.87. The number of rotatable bonds is 7. The van der Waals surface area contributed by atoms with Crippen molar-refractivity contribution in [2.75, 3.05) is 19.7 Å².